The number of alkyl halides is 3. The molecule has 0 spiro atoms. The van der Waals surface area contributed by atoms with Crippen molar-refractivity contribution >= 4 is 5.78 Å². The SMILES string of the molecule is Cc1cc(-c2ccc(-c3ccc(C(F)(F)F)cc3)c(C)c2)ccc1-c1ccc(C(=O)c2ccccc2)cc1. The van der Waals surface area contributed by atoms with Gasteiger partial charge < -0.3 is 0 Å². The molecule has 0 aliphatic heterocycles. The fourth-order valence-corrected chi connectivity index (χ4v) is 4.73. The minimum absolute atomic E-state index is 0.000619. The van der Waals surface area contributed by atoms with Crippen LogP contribution in [-0.4, -0.2) is 5.78 Å². The van der Waals surface area contributed by atoms with Crippen molar-refractivity contribution in [1.29, 1.82) is 0 Å². The van der Waals surface area contributed by atoms with Gasteiger partial charge in [-0.05, 0) is 70.5 Å². The van der Waals surface area contributed by atoms with Gasteiger partial charge in [-0.25, -0.2) is 0 Å². The lowest BCUT2D eigenvalue weighted by atomic mass is 9.92. The van der Waals surface area contributed by atoms with Crippen LogP contribution in [0.1, 0.15) is 32.6 Å². The Morgan fingerprint density at radius 2 is 0.947 bits per heavy atom. The van der Waals surface area contributed by atoms with Crippen molar-refractivity contribution in [3.8, 4) is 33.4 Å². The Morgan fingerprint density at radius 1 is 0.526 bits per heavy atom. The number of carbonyl (C=O) groups excluding carboxylic acids is 1. The van der Waals surface area contributed by atoms with Gasteiger partial charge in [0.15, 0.2) is 5.78 Å². The lowest BCUT2D eigenvalue weighted by molar-refractivity contribution is -0.137. The van der Waals surface area contributed by atoms with Gasteiger partial charge in [-0.2, -0.15) is 13.2 Å². The van der Waals surface area contributed by atoms with Gasteiger partial charge in [-0.15, -0.1) is 0 Å². The monoisotopic (exact) mass is 506 g/mol. The second-order valence-corrected chi connectivity index (χ2v) is 9.41. The maximum Gasteiger partial charge on any atom is 0.416 e. The zero-order valence-electron chi connectivity index (χ0n) is 21.0. The summed E-state index contributed by atoms with van der Waals surface area (Å²) in [7, 11) is 0. The molecule has 0 bridgehead atoms. The molecule has 0 fully saturated rings. The topological polar surface area (TPSA) is 17.1 Å². The maximum atomic E-state index is 12.9. The molecule has 4 heteroatoms. The van der Waals surface area contributed by atoms with Crippen molar-refractivity contribution in [3.05, 3.63) is 143 Å². The summed E-state index contributed by atoms with van der Waals surface area (Å²) >= 11 is 0. The van der Waals surface area contributed by atoms with Crippen LogP contribution in [0.25, 0.3) is 33.4 Å². The van der Waals surface area contributed by atoms with E-state index in [1.165, 1.54) is 12.1 Å². The molecule has 0 aliphatic carbocycles. The summed E-state index contributed by atoms with van der Waals surface area (Å²) in [5.74, 6) is -0.000619. The van der Waals surface area contributed by atoms with Gasteiger partial charge in [0.05, 0.1) is 5.56 Å². The Kier molecular flexibility index (Phi) is 6.73. The van der Waals surface area contributed by atoms with Gasteiger partial charge in [0.25, 0.3) is 0 Å². The first-order chi connectivity index (χ1) is 18.2. The Labute approximate surface area is 220 Å². The van der Waals surface area contributed by atoms with Crippen molar-refractivity contribution in [2.45, 2.75) is 20.0 Å². The van der Waals surface area contributed by atoms with E-state index in [4.69, 9.17) is 0 Å². The lowest BCUT2D eigenvalue weighted by Gasteiger charge is -2.13. The predicted molar refractivity (Wildman–Crippen MR) is 147 cm³/mol. The largest absolute Gasteiger partial charge is 0.416 e. The smallest absolute Gasteiger partial charge is 0.289 e. The molecule has 0 saturated heterocycles. The fourth-order valence-electron chi connectivity index (χ4n) is 4.73. The average molecular weight is 507 g/mol. The Balaban J connectivity index is 1.37. The van der Waals surface area contributed by atoms with Crippen molar-refractivity contribution in [1.82, 2.24) is 0 Å². The first-order valence-electron chi connectivity index (χ1n) is 12.3. The molecule has 188 valence electrons. The molecule has 0 unspecified atom stereocenters. The third-order valence-electron chi connectivity index (χ3n) is 6.80. The van der Waals surface area contributed by atoms with Crippen LogP contribution in [0.2, 0.25) is 0 Å². The standard InChI is InChI=1S/C34H25F3O/c1-22-20-28(29-15-19-32(23(2)21-29)25-12-16-30(17-13-25)34(35,36)37)14-18-31(22)24-8-10-27(11-9-24)33(38)26-6-4-3-5-7-26/h3-21H,1-2H3. The summed E-state index contributed by atoms with van der Waals surface area (Å²) in [5, 5.41) is 0. The summed E-state index contributed by atoms with van der Waals surface area (Å²) in [6, 6.07) is 34.5. The third kappa shape index (κ3) is 5.16. The van der Waals surface area contributed by atoms with E-state index in [1.54, 1.807) is 0 Å². The number of benzene rings is 5. The Morgan fingerprint density at radius 3 is 1.39 bits per heavy atom. The van der Waals surface area contributed by atoms with E-state index in [9.17, 15) is 18.0 Å². The van der Waals surface area contributed by atoms with Crippen molar-refractivity contribution in [2.75, 3.05) is 0 Å². The third-order valence-corrected chi connectivity index (χ3v) is 6.80. The van der Waals surface area contributed by atoms with E-state index < -0.39 is 11.7 Å². The lowest BCUT2D eigenvalue weighted by Crippen LogP contribution is -2.04. The van der Waals surface area contributed by atoms with Gasteiger partial charge in [0.1, 0.15) is 0 Å². The van der Waals surface area contributed by atoms with E-state index in [0.29, 0.717) is 11.1 Å². The minimum atomic E-state index is -4.34. The number of hydrogen-bond acceptors (Lipinski definition) is 1. The summed E-state index contributed by atoms with van der Waals surface area (Å²) < 4.78 is 38.7. The molecule has 5 aromatic carbocycles. The number of aryl methyl sites for hydroxylation is 2. The van der Waals surface area contributed by atoms with Gasteiger partial charge >= 0.3 is 6.18 Å². The predicted octanol–water partition coefficient (Wildman–Crippen LogP) is 9.55. The minimum Gasteiger partial charge on any atom is -0.289 e. The quantitative estimate of drug-likeness (QED) is 0.217. The molecule has 1 nitrogen and oxygen atoms in total. The van der Waals surface area contributed by atoms with Crippen LogP contribution in [0, 0.1) is 13.8 Å². The normalized spacial score (nSPS) is 11.4. The van der Waals surface area contributed by atoms with Crippen molar-refractivity contribution < 1.29 is 18.0 Å². The van der Waals surface area contributed by atoms with E-state index in [1.807, 2.05) is 73.7 Å². The Hall–Kier alpha value is -4.44. The van der Waals surface area contributed by atoms with Crippen LogP contribution >= 0.6 is 0 Å². The molecule has 0 radical (unpaired) electrons. The average Bonchev–Trinajstić information content (AvgIpc) is 2.93. The van der Waals surface area contributed by atoms with Gasteiger partial charge in [0, 0.05) is 11.1 Å². The molecule has 0 N–H and O–H groups in total. The van der Waals surface area contributed by atoms with E-state index in [0.717, 1.165) is 56.6 Å². The second-order valence-electron chi connectivity index (χ2n) is 9.41. The molecule has 38 heavy (non-hydrogen) atoms. The van der Waals surface area contributed by atoms with Gasteiger partial charge in [0.2, 0.25) is 0 Å². The number of hydrogen-bond donors (Lipinski definition) is 0. The zero-order chi connectivity index (χ0) is 26.9. The number of carbonyl (C=O) groups is 1. The van der Waals surface area contributed by atoms with Crippen LogP contribution in [0.15, 0.2) is 115 Å². The molecular formula is C34H25F3O. The van der Waals surface area contributed by atoms with Gasteiger partial charge in [-0.1, -0.05) is 103 Å². The van der Waals surface area contributed by atoms with Crippen molar-refractivity contribution in [3.63, 3.8) is 0 Å². The summed E-state index contributed by atoms with van der Waals surface area (Å²) in [6.07, 6.45) is -4.34. The zero-order valence-corrected chi connectivity index (χ0v) is 21.0. The molecule has 0 aliphatic rings. The first-order valence-corrected chi connectivity index (χ1v) is 12.3. The molecule has 0 aromatic heterocycles. The molecular weight excluding hydrogens is 481 g/mol. The van der Waals surface area contributed by atoms with Crippen LogP contribution in [0.3, 0.4) is 0 Å². The maximum absolute atomic E-state index is 12.9. The molecule has 5 rings (SSSR count). The van der Waals surface area contributed by atoms with E-state index >= 15 is 0 Å². The summed E-state index contributed by atoms with van der Waals surface area (Å²) in [6.45, 7) is 4.03. The van der Waals surface area contributed by atoms with Crippen LogP contribution in [0.4, 0.5) is 13.2 Å². The molecule has 0 heterocycles. The highest BCUT2D eigenvalue weighted by atomic mass is 19.4. The number of rotatable bonds is 5. The van der Waals surface area contributed by atoms with Crippen LogP contribution in [0.5, 0.6) is 0 Å². The van der Waals surface area contributed by atoms with Gasteiger partial charge in [-0.3, -0.25) is 4.79 Å². The summed E-state index contributed by atoms with van der Waals surface area (Å²) in [5.41, 5.74) is 8.64. The molecule has 5 aromatic rings. The number of halogens is 3. The Bertz CT molecular complexity index is 1600. The fraction of sp³-hybridized carbons (Fsp3) is 0.0882. The molecule has 0 saturated carbocycles. The van der Waals surface area contributed by atoms with Crippen LogP contribution in [-0.2, 0) is 6.18 Å². The van der Waals surface area contributed by atoms with E-state index in [-0.39, 0.29) is 5.78 Å². The van der Waals surface area contributed by atoms with E-state index in [2.05, 4.69) is 31.2 Å². The highest BCUT2D eigenvalue weighted by molar-refractivity contribution is 6.09. The highest BCUT2D eigenvalue weighted by Gasteiger charge is 2.30. The number of ketones is 1. The second kappa shape index (κ2) is 10.1. The molecule has 0 atom stereocenters. The first kappa shape index (κ1) is 25.2. The summed E-state index contributed by atoms with van der Waals surface area (Å²) in [4.78, 5) is 12.7. The highest BCUT2D eigenvalue weighted by Crippen LogP contribution is 2.34. The van der Waals surface area contributed by atoms with Crippen LogP contribution < -0.4 is 0 Å². The van der Waals surface area contributed by atoms with Crippen molar-refractivity contribution in [2.24, 2.45) is 0 Å². The molecule has 0 amide bonds.